The summed E-state index contributed by atoms with van der Waals surface area (Å²) >= 11 is 2.01. The molecule has 3 N–H and O–H groups in total. The molecule has 30 heavy (non-hydrogen) atoms. The standard InChI is InChI=1S/C25H30NO2PS/c26-29(27)28-20-12-1-2-13-21-30-25(22-14-6-3-7-15-22,23-16-8-4-9-17-23)24-18-10-5-11-19-24/h3-11,14-19,27H,1-2,12-13,20-21,26H2. The highest BCUT2D eigenvalue weighted by Crippen LogP contribution is 2.48. The lowest BCUT2D eigenvalue weighted by molar-refractivity contribution is 0.299. The fourth-order valence-corrected chi connectivity index (χ4v) is 5.59. The van der Waals surface area contributed by atoms with E-state index in [9.17, 15) is 0 Å². The molecular formula is C25H30NO2PS. The first-order valence-electron chi connectivity index (χ1n) is 10.4. The molecule has 5 heteroatoms. The molecule has 0 amide bonds. The van der Waals surface area contributed by atoms with Crippen molar-refractivity contribution in [1.82, 2.24) is 0 Å². The summed E-state index contributed by atoms with van der Waals surface area (Å²) in [6.45, 7) is 0.536. The normalized spacial score (nSPS) is 12.6. The molecule has 0 fully saturated rings. The maximum atomic E-state index is 9.02. The van der Waals surface area contributed by atoms with Gasteiger partial charge >= 0.3 is 0 Å². The van der Waals surface area contributed by atoms with Crippen molar-refractivity contribution in [1.29, 1.82) is 0 Å². The van der Waals surface area contributed by atoms with Crippen molar-refractivity contribution >= 4 is 20.3 Å². The Bertz CT molecular complexity index is 750. The Morgan fingerprint density at radius 3 is 1.57 bits per heavy atom. The molecule has 3 rings (SSSR count). The first-order chi connectivity index (χ1) is 14.7. The molecule has 0 bridgehead atoms. The molecule has 0 aliphatic carbocycles. The average molecular weight is 440 g/mol. The third-order valence-electron chi connectivity index (χ3n) is 5.12. The highest BCUT2D eigenvalue weighted by molar-refractivity contribution is 8.00. The molecule has 0 aliphatic heterocycles. The van der Waals surface area contributed by atoms with Crippen molar-refractivity contribution in [2.45, 2.75) is 30.4 Å². The molecule has 0 radical (unpaired) electrons. The Morgan fingerprint density at radius 1 is 0.700 bits per heavy atom. The monoisotopic (exact) mass is 439 g/mol. The Kier molecular flexibility index (Phi) is 9.38. The van der Waals surface area contributed by atoms with Crippen LogP contribution in [0.3, 0.4) is 0 Å². The Labute approximate surface area is 185 Å². The van der Waals surface area contributed by atoms with Crippen LogP contribution in [0, 0.1) is 0 Å². The van der Waals surface area contributed by atoms with Crippen LogP contribution in [0.2, 0.25) is 0 Å². The van der Waals surface area contributed by atoms with Crippen molar-refractivity contribution < 1.29 is 9.42 Å². The van der Waals surface area contributed by atoms with E-state index in [2.05, 4.69) is 91.0 Å². The molecule has 0 heterocycles. The molecule has 0 aliphatic rings. The molecule has 0 aromatic heterocycles. The van der Waals surface area contributed by atoms with Crippen molar-refractivity contribution in [2.75, 3.05) is 12.4 Å². The lowest BCUT2D eigenvalue weighted by Crippen LogP contribution is -2.26. The van der Waals surface area contributed by atoms with Crippen LogP contribution in [0.1, 0.15) is 42.4 Å². The molecular weight excluding hydrogens is 409 g/mol. The summed E-state index contributed by atoms with van der Waals surface area (Å²) in [6, 6.07) is 32.5. The second-order valence-corrected chi connectivity index (χ2v) is 9.35. The molecule has 0 saturated carbocycles. The molecule has 0 saturated heterocycles. The van der Waals surface area contributed by atoms with Crippen molar-refractivity contribution in [3.05, 3.63) is 108 Å². The number of unbranched alkanes of at least 4 members (excludes halogenated alkanes) is 3. The average Bonchev–Trinajstić information content (AvgIpc) is 2.80. The van der Waals surface area contributed by atoms with Gasteiger partial charge < -0.3 is 9.42 Å². The van der Waals surface area contributed by atoms with E-state index in [4.69, 9.17) is 14.9 Å². The maximum Gasteiger partial charge on any atom is 0.250 e. The fourth-order valence-electron chi connectivity index (χ4n) is 3.71. The lowest BCUT2D eigenvalue weighted by atomic mass is 9.84. The van der Waals surface area contributed by atoms with Crippen molar-refractivity contribution in [2.24, 2.45) is 5.50 Å². The van der Waals surface area contributed by atoms with Gasteiger partial charge in [0.1, 0.15) is 0 Å². The van der Waals surface area contributed by atoms with E-state index in [1.807, 2.05) is 11.8 Å². The summed E-state index contributed by atoms with van der Waals surface area (Å²) in [5.74, 6) is 1.06. The van der Waals surface area contributed by atoms with Crippen molar-refractivity contribution in [3.63, 3.8) is 0 Å². The first kappa shape index (κ1) is 23.0. The van der Waals surface area contributed by atoms with Crippen LogP contribution in [0.5, 0.6) is 0 Å². The zero-order valence-electron chi connectivity index (χ0n) is 17.2. The molecule has 3 aromatic carbocycles. The van der Waals surface area contributed by atoms with Crippen LogP contribution in [-0.2, 0) is 9.27 Å². The molecule has 3 aromatic rings. The lowest BCUT2D eigenvalue weighted by Gasteiger charge is -2.35. The first-order valence-corrected chi connectivity index (χ1v) is 12.7. The highest BCUT2D eigenvalue weighted by atomic mass is 32.2. The molecule has 1 atom stereocenters. The summed E-state index contributed by atoms with van der Waals surface area (Å²) in [5, 5.41) is 0. The van der Waals surface area contributed by atoms with Gasteiger partial charge in [-0.05, 0) is 35.3 Å². The van der Waals surface area contributed by atoms with E-state index in [1.165, 1.54) is 16.7 Å². The largest absolute Gasteiger partial charge is 0.338 e. The van der Waals surface area contributed by atoms with Crippen LogP contribution in [0.15, 0.2) is 91.0 Å². The number of benzene rings is 3. The van der Waals surface area contributed by atoms with Gasteiger partial charge in [0.05, 0.1) is 11.4 Å². The number of nitrogens with two attached hydrogens (primary N) is 1. The van der Waals surface area contributed by atoms with E-state index in [-0.39, 0.29) is 4.75 Å². The SMILES string of the molecule is NP(O)OCCCCCCSC(c1ccccc1)(c1ccccc1)c1ccccc1. The number of rotatable bonds is 12. The third kappa shape index (κ3) is 6.16. The minimum Gasteiger partial charge on any atom is -0.338 e. The number of thioether (sulfide) groups is 1. The van der Waals surface area contributed by atoms with Crippen LogP contribution in [0.4, 0.5) is 0 Å². The second-order valence-electron chi connectivity index (χ2n) is 7.18. The van der Waals surface area contributed by atoms with Gasteiger partial charge in [-0.3, -0.25) is 5.50 Å². The predicted octanol–water partition coefficient (Wildman–Crippen LogP) is 6.47. The zero-order valence-corrected chi connectivity index (χ0v) is 18.9. The van der Waals surface area contributed by atoms with E-state index in [0.29, 0.717) is 6.61 Å². The van der Waals surface area contributed by atoms with E-state index in [1.54, 1.807) is 0 Å². The molecule has 1 unspecified atom stereocenters. The van der Waals surface area contributed by atoms with Crippen molar-refractivity contribution in [3.8, 4) is 0 Å². The number of hydrogen-bond acceptors (Lipinski definition) is 4. The Morgan fingerprint density at radius 2 is 1.13 bits per heavy atom. The van der Waals surface area contributed by atoms with Gasteiger partial charge in [-0.25, -0.2) is 0 Å². The van der Waals surface area contributed by atoms with Gasteiger partial charge in [0.15, 0.2) is 0 Å². The van der Waals surface area contributed by atoms with E-state index < -0.39 is 8.53 Å². The van der Waals surface area contributed by atoms with Gasteiger partial charge in [-0.2, -0.15) is 0 Å². The minimum atomic E-state index is -1.72. The summed E-state index contributed by atoms with van der Waals surface area (Å²) in [6.07, 6.45) is 4.29. The van der Waals surface area contributed by atoms with Crippen LogP contribution >= 0.6 is 20.3 Å². The van der Waals surface area contributed by atoms with Gasteiger partial charge in [-0.15, -0.1) is 11.8 Å². The topological polar surface area (TPSA) is 55.5 Å². The summed E-state index contributed by atoms with van der Waals surface area (Å²) < 4.78 is 4.83. The predicted molar refractivity (Wildman–Crippen MR) is 129 cm³/mol. The third-order valence-corrected chi connectivity index (χ3v) is 7.20. The van der Waals surface area contributed by atoms with E-state index in [0.717, 1.165) is 31.4 Å². The quantitative estimate of drug-likeness (QED) is 0.193. The maximum absolute atomic E-state index is 9.02. The Hall–Kier alpha value is -1.68. The molecule has 158 valence electrons. The zero-order chi connectivity index (χ0) is 21.1. The number of hydrogen-bond donors (Lipinski definition) is 2. The minimum absolute atomic E-state index is 0.237. The highest BCUT2D eigenvalue weighted by Gasteiger charge is 2.36. The smallest absolute Gasteiger partial charge is 0.250 e. The summed E-state index contributed by atoms with van der Waals surface area (Å²) in [5.41, 5.74) is 9.18. The fraction of sp³-hybridized carbons (Fsp3) is 0.280. The molecule has 0 spiro atoms. The second kappa shape index (κ2) is 12.2. The molecule has 3 nitrogen and oxygen atoms in total. The van der Waals surface area contributed by atoms with E-state index >= 15 is 0 Å². The van der Waals surface area contributed by atoms with Crippen LogP contribution in [0.25, 0.3) is 0 Å². The summed E-state index contributed by atoms with van der Waals surface area (Å²) in [7, 11) is -1.72. The van der Waals surface area contributed by atoms with Gasteiger partial charge in [0, 0.05) is 0 Å². The summed E-state index contributed by atoms with van der Waals surface area (Å²) in [4.78, 5) is 9.02. The van der Waals surface area contributed by atoms with Gasteiger partial charge in [-0.1, -0.05) is 104 Å². The van der Waals surface area contributed by atoms with Gasteiger partial charge in [0.2, 0.25) is 8.53 Å². The van der Waals surface area contributed by atoms with Crippen LogP contribution in [-0.4, -0.2) is 17.3 Å². The van der Waals surface area contributed by atoms with Gasteiger partial charge in [0.25, 0.3) is 0 Å². The van der Waals surface area contributed by atoms with Crippen LogP contribution < -0.4 is 5.50 Å². The Balaban J connectivity index is 1.78.